The number of nitrogens with zero attached hydrogens (tertiary/aromatic N) is 2. The Morgan fingerprint density at radius 2 is 2.18 bits per heavy atom. The Labute approximate surface area is 97.7 Å². The first-order chi connectivity index (χ1) is 8.20. The highest BCUT2D eigenvalue weighted by Crippen LogP contribution is 2.21. The molecular weight excluding hydrogens is 223 g/mol. The van der Waals surface area contributed by atoms with Gasteiger partial charge in [-0.2, -0.15) is 0 Å². The standard InChI is InChI=1S/C12H11FN2O2/c1-17-11-4-2-3-10(15-11)12(16)8-5-9(13)7-14-6-8/h2-7,12,16H,1H3. The number of pyridine rings is 2. The van der Waals surface area contributed by atoms with Crippen LogP contribution in [-0.2, 0) is 0 Å². The molecule has 2 rings (SSSR count). The summed E-state index contributed by atoms with van der Waals surface area (Å²) in [6, 6.07) is 6.23. The van der Waals surface area contributed by atoms with E-state index in [9.17, 15) is 9.50 Å². The van der Waals surface area contributed by atoms with Crippen LogP contribution in [-0.4, -0.2) is 22.2 Å². The molecule has 5 heteroatoms. The highest BCUT2D eigenvalue weighted by molar-refractivity contribution is 5.25. The summed E-state index contributed by atoms with van der Waals surface area (Å²) in [5.74, 6) is -0.102. The van der Waals surface area contributed by atoms with Crippen molar-refractivity contribution in [2.75, 3.05) is 7.11 Å². The molecule has 0 saturated heterocycles. The van der Waals surface area contributed by atoms with Crippen LogP contribution in [0.25, 0.3) is 0 Å². The van der Waals surface area contributed by atoms with E-state index in [-0.39, 0.29) is 0 Å². The van der Waals surface area contributed by atoms with Crippen molar-refractivity contribution in [3.05, 3.63) is 53.7 Å². The SMILES string of the molecule is COc1cccc(C(O)c2cncc(F)c2)n1. The lowest BCUT2D eigenvalue weighted by atomic mass is 10.1. The van der Waals surface area contributed by atoms with Gasteiger partial charge in [0.25, 0.3) is 0 Å². The molecule has 2 heterocycles. The lowest BCUT2D eigenvalue weighted by Crippen LogP contribution is -2.04. The van der Waals surface area contributed by atoms with Crippen LogP contribution < -0.4 is 4.74 Å². The molecule has 0 saturated carbocycles. The van der Waals surface area contributed by atoms with E-state index >= 15 is 0 Å². The summed E-state index contributed by atoms with van der Waals surface area (Å²) in [5, 5.41) is 10.0. The van der Waals surface area contributed by atoms with Gasteiger partial charge in [-0.1, -0.05) is 6.07 Å². The Kier molecular flexibility index (Phi) is 3.30. The third kappa shape index (κ3) is 2.57. The number of halogens is 1. The van der Waals surface area contributed by atoms with Crippen molar-refractivity contribution in [2.24, 2.45) is 0 Å². The van der Waals surface area contributed by atoms with E-state index in [0.717, 1.165) is 6.20 Å². The number of rotatable bonds is 3. The van der Waals surface area contributed by atoms with Crippen LogP contribution in [0.3, 0.4) is 0 Å². The van der Waals surface area contributed by atoms with E-state index in [4.69, 9.17) is 4.74 Å². The summed E-state index contributed by atoms with van der Waals surface area (Å²) in [4.78, 5) is 7.75. The zero-order valence-corrected chi connectivity index (χ0v) is 9.17. The van der Waals surface area contributed by atoms with Crippen molar-refractivity contribution in [3.63, 3.8) is 0 Å². The Hall–Kier alpha value is -2.01. The van der Waals surface area contributed by atoms with Crippen LogP contribution in [0.5, 0.6) is 5.88 Å². The smallest absolute Gasteiger partial charge is 0.213 e. The van der Waals surface area contributed by atoms with E-state index in [1.165, 1.54) is 19.4 Å². The molecule has 4 nitrogen and oxygen atoms in total. The van der Waals surface area contributed by atoms with Gasteiger partial charge in [0, 0.05) is 17.8 Å². The Morgan fingerprint density at radius 3 is 2.88 bits per heavy atom. The van der Waals surface area contributed by atoms with Crippen LogP contribution in [0.4, 0.5) is 4.39 Å². The van der Waals surface area contributed by atoms with Crippen LogP contribution in [0.1, 0.15) is 17.4 Å². The monoisotopic (exact) mass is 234 g/mol. The van der Waals surface area contributed by atoms with Crippen LogP contribution in [0.2, 0.25) is 0 Å². The Morgan fingerprint density at radius 1 is 1.35 bits per heavy atom. The second kappa shape index (κ2) is 4.88. The van der Waals surface area contributed by atoms with E-state index in [0.29, 0.717) is 17.1 Å². The zero-order valence-electron chi connectivity index (χ0n) is 9.17. The number of hydrogen-bond acceptors (Lipinski definition) is 4. The molecule has 0 amide bonds. The number of aliphatic hydroxyl groups excluding tert-OH is 1. The van der Waals surface area contributed by atoms with Gasteiger partial charge in [-0.25, -0.2) is 9.37 Å². The first-order valence-electron chi connectivity index (χ1n) is 5.00. The summed E-state index contributed by atoms with van der Waals surface area (Å²) >= 11 is 0. The van der Waals surface area contributed by atoms with Gasteiger partial charge < -0.3 is 9.84 Å². The molecule has 0 aliphatic heterocycles. The molecule has 0 spiro atoms. The van der Waals surface area contributed by atoms with Crippen molar-refractivity contribution in [3.8, 4) is 5.88 Å². The van der Waals surface area contributed by atoms with E-state index in [1.54, 1.807) is 18.2 Å². The van der Waals surface area contributed by atoms with Gasteiger partial charge in [-0.3, -0.25) is 4.98 Å². The molecule has 0 fully saturated rings. The molecule has 0 radical (unpaired) electrons. The molecule has 0 aliphatic carbocycles. The first-order valence-corrected chi connectivity index (χ1v) is 5.00. The minimum absolute atomic E-state index is 0.353. The molecule has 1 unspecified atom stereocenters. The average Bonchev–Trinajstić information content (AvgIpc) is 2.38. The zero-order chi connectivity index (χ0) is 12.3. The molecule has 17 heavy (non-hydrogen) atoms. The van der Waals surface area contributed by atoms with Gasteiger partial charge in [-0.05, 0) is 12.1 Å². The van der Waals surface area contributed by atoms with Gasteiger partial charge in [-0.15, -0.1) is 0 Å². The third-order valence-electron chi connectivity index (χ3n) is 2.28. The molecule has 1 N–H and O–H groups in total. The lowest BCUT2D eigenvalue weighted by molar-refractivity contribution is 0.213. The molecule has 2 aromatic heterocycles. The number of methoxy groups -OCH3 is 1. The number of ether oxygens (including phenoxy) is 1. The average molecular weight is 234 g/mol. The number of aromatic nitrogens is 2. The Balaban J connectivity index is 2.33. The van der Waals surface area contributed by atoms with Crippen LogP contribution in [0, 0.1) is 5.82 Å². The molecule has 2 aromatic rings. The molecule has 1 atom stereocenters. The van der Waals surface area contributed by atoms with Gasteiger partial charge in [0.2, 0.25) is 5.88 Å². The summed E-state index contributed by atoms with van der Waals surface area (Å²) in [7, 11) is 1.49. The fourth-order valence-electron chi connectivity index (χ4n) is 1.45. The van der Waals surface area contributed by atoms with Crippen molar-refractivity contribution in [1.82, 2.24) is 9.97 Å². The lowest BCUT2D eigenvalue weighted by Gasteiger charge is -2.10. The van der Waals surface area contributed by atoms with E-state index in [2.05, 4.69) is 9.97 Å². The maximum Gasteiger partial charge on any atom is 0.213 e. The van der Waals surface area contributed by atoms with Crippen LogP contribution in [0.15, 0.2) is 36.7 Å². The molecule has 88 valence electrons. The second-order valence-electron chi connectivity index (χ2n) is 3.44. The van der Waals surface area contributed by atoms with Gasteiger partial charge in [0.05, 0.1) is 19.0 Å². The fourth-order valence-corrected chi connectivity index (χ4v) is 1.45. The van der Waals surface area contributed by atoms with E-state index < -0.39 is 11.9 Å². The van der Waals surface area contributed by atoms with Crippen molar-refractivity contribution in [2.45, 2.75) is 6.10 Å². The quantitative estimate of drug-likeness (QED) is 0.878. The normalized spacial score (nSPS) is 12.2. The van der Waals surface area contributed by atoms with Gasteiger partial charge in [0.15, 0.2) is 0 Å². The summed E-state index contributed by atoms with van der Waals surface area (Å²) in [6.45, 7) is 0. The molecule has 0 bridgehead atoms. The largest absolute Gasteiger partial charge is 0.481 e. The maximum atomic E-state index is 13.0. The first kappa shape index (κ1) is 11.5. The summed E-state index contributed by atoms with van der Waals surface area (Å²) < 4.78 is 17.9. The predicted molar refractivity (Wildman–Crippen MR) is 59.0 cm³/mol. The van der Waals surface area contributed by atoms with E-state index in [1.807, 2.05) is 0 Å². The molecule has 0 aromatic carbocycles. The van der Waals surface area contributed by atoms with Gasteiger partial charge in [0.1, 0.15) is 11.9 Å². The minimum atomic E-state index is -1.02. The highest BCUT2D eigenvalue weighted by Gasteiger charge is 2.13. The van der Waals surface area contributed by atoms with Crippen molar-refractivity contribution < 1.29 is 14.2 Å². The predicted octanol–water partition coefficient (Wildman–Crippen LogP) is 1.71. The topological polar surface area (TPSA) is 55.2 Å². The maximum absolute atomic E-state index is 13.0. The summed E-state index contributed by atoms with van der Waals surface area (Å²) in [5.41, 5.74) is 0.738. The number of aliphatic hydroxyl groups is 1. The fraction of sp³-hybridized carbons (Fsp3) is 0.167. The minimum Gasteiger partial charge on any atom is -0.481 e. The van der Waals surface area contributed by atoms with Crippen molar-refractivity contribution >= 4 is 0 Å². The Bertz CT molecular complexity index is 519. The van der Waals surface area contributed by atoms with Gasteiger partial charge >= 0.3 is 0 Å². The molecule has 0 aliphatic rings. The third-order valence-corrected chi connectivity index (χ3v) is 2.28. The summed E-state index contributed by atoms with van der Waals surface area (Å²) in [6.07, 6.45) is 1.46. The van der Waals surface area contributed by atoms with Crippen LogP contribution >= 0.6 is 0 Å². The molecular formula is C12H11FN2O2. The highest BCUT2D eigenvalue weighted by atomic mass is 19.1. The van der Waals surface area contributed by atoms with Crippen molar-refractivity contribution in [1.29, 1.82) is 0 Å². The number of hydrogen-bond donors (Lipinski definition) is 1. The second-order valence-corrected chi connectivity index (χ2v) is 3.44.